The second kappa shape index (κ2) is 9.19. The number of aromatic nitrogens is 3. The smallest absolute Gasteiger partial charge is 0.278 e. The Morgan fingerprint density at radius 2 is 2.03 bits per heavy atom. The van der Waals surface area contributed by atoms with Gasteiger partial charge in [-0.15, -0.1) is 0 Å². The number of anilines is 1. The number of rotatable bonds is 7. The predicted octanol–water partition coefficient (Wildman–Crippen LogP) is 4.99. The summed E-state index contributed by atoms with van der Waals surface area (Å²) in [5.41, 5.74) is 1.13. The van der Waals surface area contributed by atoms with Crippen LogP contribution in [0.5, 0.6) is 5.75 Å². The minimum Gasteiger partial charge on any atom is -0.489 e. The van der Waals surface area contributed by atoms with E-state index < -0.39 is 17.5 Å². The van der Waals surface area contributed by atoms with Crippen molar-refractivity contribution >= 4 is 23.2 Å². The molecule has 2 heterocycles. The highest BCUT2D eigenvalue weighted by molar-refractivity contribution is 6.31. The molecular weight excluding hydrogens is 442 g/mol. The molecule has 4 aromatic rings. The summed E-state index contributed by atoms with van der Waals surface area (Å²) < 4.78 is 39.5. The summed E-state index contributed by atoms with van der Waals surface area (Å²) >= 11 is 6.05. The highest BCUT2D eigenvalue weighted by atomic mass is 35.5. The largest absolute Gasteiger partial charge is 0.489 e. The van der Waals surface area contributed by atoms with Crippen molar-refractivity contribution in [1.29, 1.82) is 0 Å². The zero-order valence-electron chi connectivity index (χ0n) is 16.8. The van der Waals surface area contributed by atoms with E-state index in [1.807, 2.05) is 0 Å². The second-order valence-corrected chi connectivity index (χ2v) is 7.30. The van der Waals surface area contributed by atoms with Crippen LogP contribution in [0.1, 0.15) is 27.4 Å². The fourth-order valence-electron chi connectivity index (χ4n) is 3.00. The maximum atomic E-state index is 14.0. The number of amides is 1. The Morgan fingerprint density at radius 3 is 2.81 bits per heavy atom. The Hall–Kier alpha value is -3.72. The molecule has 4 rings (SSSR count). The first-order chi connectivity index (χ1) is 15.4. The van der Waals surface area contributed by atoms with Crippen LogP contribution in [-0.4, -0.2) is 20.8 Å². The lowest BCUT2D eigenvalue weighted by molar-refractivity contribution is 0.101. The third-order valence-corrected chi connectivity index (χ3v) is 5.01. The van der Waals surface area contributed by atoms with Crippen LogP contribution in [0, 0.1) is 18.6 Å². The van der Waals surface area contributed by atoms with Gasteiger partial charge in [0.2, 0.25) is 0 Å². The molecule has 0 aliphatic carbocycles. The predicted molar refractivity (Wildman–Crippen MR) is 113 cm³/mol. The standard InChI is InChI=1S/C22H17ClF2N4O3/c1-13-18(12-31-16-5-2-4-14(24)8-16)21(28-32-13)22(30)27-15-9-26-29(10-15)11-17-19(23)6-3-7-20(17)25/h2-10H,11-12H2,1H3,(H,27,30). The van der Waals surface area contributed by atoms with E-state index in [1.54, 1.807) is 19.1 Å². The summed E-state index contributed by atoms with van der Waals surface area (Å²) in [6, 6.07) is 10.1. The van der Waals surface area contributed by atoms with Crippen LogP contribution in [0.2, 0.25) is 5.02 Å². The molecule has 0 saturated heterocycles. The van der Waals surface area contributed by atoms with Crippen LogP contribution >= 0.6 is 11.6 Å². The fraction of sp³-hybridized carbons (Fsp3) is 0.136. The molecular formula is C22H17ClF2N4O3. The molecule has 0 fully saturated rings. The number of carbonyl (C=O) groups is 1. The summed E-state index contributed by atoms with van der Waals surface area (Å²) in [4.78, 5) is 12.7. The molecule has 0 atom stereocenters. The van der Waals surface area contributed by atoms with Gasteiger partial charge in [-0.1, -0.05) is 28.9 Å². The van der Waals surface area contributed by atoms with Crippen LogP contribution in [0.15, 0.2) is 59.4 Å². The molecule has 2 aromatic heterocycles. The number of carbonyl (C=O) groups excluding carboxylic acids is 1. The highest BCUT2D eigenvalue weighted by Gasteiger charge is 2.21. The molecule has 1 N–H and O–H groups in total. The maximum absolute atomic E-state index is 14.0. The summed E-state index contributed by atoms with van der Waals surface area (Å²) in [5.74, 6) is -0.708. The molecule has 0 aliphatic rings. The lowest BCUT2D eigenvalue weighted by Gasteiger charge is -2.07. The molecule has 0 radical (unpaired) electrons. The zero-order chi connectivity index (χ0) is 22.7. The molecule has 2 aromatic carbocycles. The highest BCUT2D eigenvalue weighted by Crippen LogP contribution is 2.22. The third-order valence-electron chi connectivity index (χ3n) is 4.65. The first-order valence-electron chi connectivity index (χ1n) is 9.51. The van der Waals surface area contributed by atoms with Crippen molar-refractivity contribution in [1.82, 2.24) is 14.9 Å². The maximum Gasteiger partial charge on any atom is 0.278 e. The van der Waals surface area contributed by atoms with E-state index in [0.29, 0.717) is 28.3 Å². The van der Waals surface area contributed by atoms with E-state index in [1.165, 1.54) is 47.4 Å². The Labute approximate surface area is 186 Å². The number of benzene rings is 2. The normalized spacial score (nSPS) is 10.9. The van der Waals surface area contributed by atoms with E-state index in [9.17, 15) is 13.6 Å². The number of hydrogen-bond donors (Lipinski definition) is 1. The zero-order valence-corrected chi connectivity index (χ0v) is 17.6. The van der Waals surface area contributed by atoms with Crippen LogP contribution in [0.4, 0.5) is 14.5 Å². The topological polar surface area (TPSA) is 82.2 Å². The van der Waals surface area contributed by atoms with Crippen molar-refractivity contribution in [3.8, 4) is 5.75 Å². The lowest BCUT2D eigenvalue weighted by Crippen LogP contribution is -2.15. The SMILES string of the molecule is Cc1onc(C(=O)Nc2cnn(Cc3c(F)cccc3Cl)c2)c1COc1cccc(F)c1. The molecule has 0 aliphatic heterocycles. The van der Waals surface area contributed by atoms with Crippen molar-refractivity contribution in [2.24, 2.45) is 0 Å². The Bertz CT molecular complexity index is 1250. The number of nitrogens with one attached hydrogen (secondary N) is 1. The Morgan fingerprint density at radius 1 is 1.22 bits per heavy atom. The van der Waals surface area contributed by atoms with Crippen LogP contribution in [-0.2, 0) is 13.2 Å². The average molecular weight is 459 g/mol. The van der Waals surface area contributed by atoms with Crippen molar-refractivity contribution in [3.05, 3.63) is 94.1 Å². The van der Waals surface area contributed by atoms with Gasteiger partial charge in [0.1, 0.15) is 29.8 Å². The van der Waals surface area contributed by atoms with Gasteiger partial charge < -0.3 is 14.6 Å². The van der Waals surface area contributed by atoms with Gasteiger partial charge in [-0.2, -0.15) is 5.10 Å². The number of hydrogen-bond acceptors (Lipinski definition) is 5. The average Bonchev–Trinajstić information content (AvgIpc) is 3.35. The van der Waals surface area contributed by atoms with Gasteiger partial charge in [-0.05, 0) is 31.2 Å². The van der Waals surface area contributed by atoms with Gasteiger partial charge in [0.05, 0.1) is 24.0 Å². The quantitative estimate of drug-likeness (QED) is 0.422. The van der Waals surface area contributed by atoms with Crippen LogP contribution < -0.4 is 10.1 Å². The van der Waals surface area contributed by atoms with Crippen LogP contribution in [0.25, 0.3) is 0 Å². The van der Waals surface area contributed by atoms with Gasteiger partial charge in [0.25, 0.3) is 5.91 Å². The van der Waals surface area contributed by atoms with Gasteiger partial charge in [-0.25, -0.2) is 8.78 Å². The molecule has 10 heteroatoms. The third kappa shape index (κ3) is 4.78. The van der Waals surface area contributed by atoms with Crippen molar-refractivity contribution in [2.45, 2.75) is 20.1 Å². The second-order valence-electron chi connectivity index (χ2n) is 6.89. The van der Waals surface area contributed by atoms with E-state index in [2.05, 4.69) is 15.6 Å². The van der Waals surface area contributed by atoms with Crippen molar-refractivity contribution in [3.63, 3.8) is 0 Å². The summed E-state index contributed by atoms with van der Waals surface area (Å²) in [6.07, 6.45) is 2.96. The van der Waals surface area contributed by atoms with E-state index in [4.69, 9.17) is 20.9 Å². The monoisotopic (exact) mass is 458 g/mol. The van der Waals surface area contributed by atoms with Crippen molar-refractivity contribution in [2.75, 3.05) is 5.32 Å². The minimum atomic E-state index is -0.539. The Balaban J connectivity index is 1.45. The van der Waals surface area contributed by atoms with E-state index in [0.717, 1.165) is 0 Å². The summed E-state index contributed by atoms with van der Waals surface area (Å²) in [6.45, 7) is 1.70. The molecule has 0 bridgehead atoms. The summed E-state index contributed by atoms with van der Waals surface area (Å²) in [5, 5.41) is 10.9. The lowest BCUT2D eigenvalue weighted by atomic mass is 10.2. The minimum absolute atomic E-state index is 0.0313. The van der Waals surface area contributed by atoms with Gasteiger partial charge in [-0.3, -0.25) is 9.48 Å². The van der Waals surface area contributed by atoms with Crippen LogP contribution in [0.3, 0.4) is 0 Å². The van der Waals surface area contributed by atoms with E-state index in [-0.39, 0.29) is 23.9 Å². The first kappa shape index (κ1) is 21.5. The Kier molecular flexibility index (Phi) is 6.18. The van der Waals surface area contributed by atoms with Gasteiger partial charge in [0.15, 0.2) is 5.69 Å². The van der Waals surface area contributed by atoms with E-state index >= 15 is 0 Å². The number of nitrogens with zero attached hydrogens (tertiary/aromatic N) is 3. The molecule has 7 nitrogen and oxygen atoms in total. The number of aryl methyl sites for hydroxylation is 1. The first-order valence-corrected chi connectivity index (χ1v) is 9.88. The molecule has 0 spiro atoms. The van der Waals surface area contributed by atoms with Gasteiger partial charge >= 0.3 is 0 Å². The molecule has 1 amide bonds. The van der Waals surface area contributed by atoms with Crippen molar-refractivity contribution < 1.29 is 22.8 Å². The van der Waals surface area contributed by atoms with Gasteiger partial charge in [0, 0.05) is 22.8 Å². The molecule has 32 heavy (non-hydrogen) atoms. The summed E-state index contributed by atoms with van der Waals surface area (Å²) in [7, 11) is 0. The number of halogens is 3. The fourth-order valence-corrected chi connectivity index (χ4v) is 3.22. The molecule has 164 valence electrons. The molecule has 0 unspecified atom stereocenters. The molecule has 0 saturated carbocycles. The number of ether oxygens (including phenoxy) is 1.